The van der Waals surface area contributed by atoms with Crippen LogP contribution in [0.2, 0.25) is 0 Å². The third kappa shape index (κ3) is 5.45. The van der Waals surface area contributed by atoms with E-state index in [9.17, 15) is 18.0 Å². The van der Waals surface area contributed by atoms with Crippen molar-refractivity contribution in [1.29, 1.82) is 0 Å². The lowest BCUT2D eigenvalue weighted by atomic mass is 9.98. The molecule has 2 aliphatic heterocycles. The SMILES string of the molecule is Cc1cccc(NC(=O)CN(C)S(=O)(=O)C2CNC(C(=O)N3CCC(C)CC3)C2)c1C. The highest BCUT2D eigenvalue weighted by atomic mass is 32.2. The first kappa shape index (κ1) is 23.7. The Morgan fingerprint density at radius 3 is 2.58 bits per heavy atom. The van der Waals surface area contributed by atoms with Gasteiger partial charge in [-0.25, -0.2) is 8.42 Å². The number of hydrogen-bond acceptors (Lipinski definition) is 5. The van der Waals surface area contributed by atoms with Gasteiger partial charge in [0.2, 0.25) is 21.8 Å². The Morgan fingerprint density at radius 1 is 1.23 bits per heavy atom. The maximum atomic E-state index is 13.0. The van der Waals surface area contributed by atoms with Crippen LogP contribution in [0.1, 0.15) is 37.3 Å². The molecule has 0 spiro atoms. The molecule has 172 valence electrons. The first-order chi connectivity index (χ1) is 14.6. The Morgan fingerprint density at radius 2 is 1.90 bits per heavy atom. The summed E-state index contributed by atoms with van der Waals surface area (Å²) in [6.07, 6.45) is 2.20. The maximum Gasteiger partial charge on any atom is 0.239 e. The number of rotatable bonds is 6. The Hall–Kier alpha value is -1.97. The second-order valence-corrected chi connectivity index (χ2v) is 11.2. The van der Waals surface area contributed by atoms with Crippen LogP contribution in [-0.4, -0.2) is 74.0 Å². The van der Waals surface area contributed by atoms with E-state index in [1.807, 2.05) is 30.9 Å². The Kier molecular flexibility index (Phi) is 7.39. The number of carbonyl (C=O) groups is 2. The number of anilines is 1. The predicted octanol–water partition coefficient (Wildman–Crippen LogP) is 1.49. The van der Waals surface area contributed by atoms with E-state index in [1.54, 1.807) is 6.07 Å². The number of piperidine rings is 1. The molecule has 2 amide bonds. The fraction of sp³-hybridized carbons (Fsp3) is 0.636. The van der Waals surface area contributed by atoms with Crippen LogP contribution in [0, 0.1) is 19.8 Å². The third-order valence-electron chi connectivity index (χ3n) is 6.58. The number of nitrogens with one attached hydrogen (secondary N) is 2. The number of nitrogens with zero attached hydrogens (tertiary/aromatic N) is 2. The van der Waals surface area contributed by atoms with Crippen LogP contribution >= 0.6 is 0 Å². The zero-order chi connectivity index (χ0) is 22.8. The molecule has 2 heterocycles. The van der Waals surface area contributed by atoms with Gasteiger partial charge in [0.15, 0.2) is 0 Å². The molecule has 2 aliphatic rings. The fourth-order valence-electron chi connectivity index (χ4n) is 4.19. The lowest BCUT2D eigenvalue weighted by Gasteiger charge is -2.32. The van der Waals surface area contributed by atoms with Gasteiger partial charge >= 0.3 is 0 Å². The van der Waals surface area contributed by atoms with E-state index < -0.39 is 21.3 Å². The van der Waals surface area contributed by atoms with Crippen molar-refractivity contribution >= 4 is 27.5 Å². The predicted molar refractivity (Wildman–Crippen MR) is 121 cm³/mol. The second kappa shape index (κ2) is 9.67. The molecule has 2 saturated heterocycles. The van der Waals surface area contributed by atoms with Crippen molar-refractivity contribution in [2.75, 3.05) is 38.5 Å². The smallest absolute Gasteiger partial charge is 0.239 e. The second-order valence-electron chi connectivity index (χ2n) is 8.92. The van der Waals surface area contributed by atoms with Crippen LogP contribution in [0.3, 0.4) is 0 Å². The summed E-state index contributed by atoms with van der Waals surface area (Å²) in [5, 5.41) is 5.16. The molecule has 1 aromatic rings. The number of likely N-dealkylation sites (tertiary alicyclic amines) is 1. The summed E-state index contributed by atoms with van der Waals surface area (Å²) >= 11 is 0. The van der Waals surface area contributed by atoms with Gasteiger partial charge in [0, 0.05) is 32.4 Å². The van der Waals surface area contributed by atoms with Crippen LogP contribution in [-0.2, 0) is 19.6 Å². The summed E-state index contributed by atoms with van der Waals surface area (Å²) in [6.45, 7) is 7.46. The van der Waals surface area contributed by atoms with E-state index in [0.717, 1.165) is 41.4 Å². The molecule has 2 atom stereocenters. The van der Waals surface area contributed by atoms with Crippen molar-refractivity contribution in [1.82, 2.24) is 14.5 Å². The minimum absolute atomic E-state index is 0.0140. The minimum Gasteiger partial charge on any atom is -0.341 e. The van der Waals surface area contributed by atoms with Crippen LogP contribution in [0.4, 0.5) is 5.69 Å². The zero-order valence-electron chi connectivity index (χ0n) is 18.8. The average molecular weight is 451 g/mol. The molecule has 0 bridgehead atoms. The summed E-state index contributed by atoms with van der Waals surface area (Å²) in [5.41, 5.74) is 2.68. The van der Waals surface area contributed by atoms with E-state index in [4.69, 9.17) is 0 Å². The molecule has 8 nitrogen and oxygen atoms in total. The molecule has 0 aliphatic carbocycles. The van der Waals surface area contributed by atoms with Gasteiger partial charge in [-0.2, -0.15) is 4.31 Å². The van der Waals surface area contributed by atoms with Gasteiger partial charge in [0.25, 0.3) is 0 Å². The summed E-state index contributed by atoms with van der Waals surface area (Å²) in [5.74, 6) is 0.220. The van der Waals surface area contributed by atoms with Gasteiger partial charge in [-0.15, -0.1) is 0 Å². The average Bonchev–Trinajstić information content (AvgIpc) is 3.22. The van der Waals surface area contributed by atoms with Crippen LogP contribution in [0.25, 0.3) is 0 Å². The molecular weight excluding hydrogens is 416 g/mol. The largest absolute Gasteiger partial charge is 0.341 e. The van der Waals surface area contributed by atoms with Gasteiger partial charge < -0.3 is 15.5 Å². The summed E-state index contributed by atoms with van der Waals surface area (Å²) in [7, 11) is -2.30. The molecule has 31 heavy (non-hydrogen) atoms. The third-order valence-corrected chi connectivity index (χ3v) is 8.78. The number of aryl methyl sites for hydroxylation is 1. The Labute approximate surface area is 185 Å². The number of sulfonamides is 1. The molecule has 2 fully saturated rings. The molecule has 0 saturated carbocycles. The highest BCUT2D eigenvalue weighted by Crippen LogP contribution is 2.23. The first-order valence-electron chi connectivity index (χ1n) is 10.9. The molecule has 0 aromatic heterocycles. The quantitative estimate of drug-likeness (QED) is 0.684. The van der Waals surface area contributed by atoms with E-state index in [1.165, 1.54) is 7.05 Å². The van der Waals surface area contributed by atoms with Crippen molar-refractivity contribution in [3.8, 4) is 0 Å². The standard InChI is InChI=1S/C22H34N4O4S/c1-15-8-10-26(11-9-15)22(28)20-12-18(13-23-20)31(29,30)25(4)14-21(27)24-19-7-5-6-16(2)17(19)3/h5-7,15,18,20,23H,8-14H2,1-4H3,(H,24,27). The van der Waals surface area contributed by atoms with E-state index >= 15 is 0 Å². The van der Waals surface area contributed by atoms with Gasteiger partial charge in [-0.1, -0.05) is 19.1 Å². The Balaban J connectivity index is 1.56. The van der Waals surface area contributed by atoms with Gasteiger partial charge in [-0.3, -0.25) is 9.59 Å². The van der Waals surface area contributed by atoms with Gasteiger partial charge in [0.05, 0.1) is 17.8 Å². The molecular formula is C22H34N4O4S. The van der Waals surface area contributed by atoms with Crippen LogP contribution in [0.5, 0.6) is 0 Å². The van der Waals surface area contributed by atoms with Crippen molar-refractivity contribution in [3.05, 3.63) is 29.3 Å². The lowest BCUT2D eigenvalue weighted by Crippen LogP contribution is -2.46. The van der Waals surface area contributed by atoms with Crippen molar-refractivity contribution in [2.24, 2.45) is 5.92 Å². The normalized spacial score (nSPS) is 22.7. The van der Waals surface area contributed by atoms with Gasteiger partial charge in [0.1, 0.15) is 0 Å². The van der Waals surface area contributed by atoms with Crippen molar-refractivity contribution in [2.45, 2.75) is 51.3 Å². The highest BCUT2D eigenvalue weighted by molar-refractivity contribution is 7.89. The molecule has 0 radical (unpaired) electrons. The van der Waals surface area contributed by atoms with Crippen LogP contribution < -0.4 is 10.6 Å². The Bertz CT molecular complexity index is 925. The van der Waals surface area contributed by atoms with Gasteiger partial charge in [-0.05, 0) is 56.2 Å². The molecule has 9 heteroatoms. The highest BCUT2D eigenvalue weighted by Gasteiger charge is 2.41. The first-order valence-corrected chi connectivity index (χ1v) is 12.4. The van der Waals surface area contributed by atoms with E-state index in [0.29, 0.717) is 11.6 Å². The fourth-order valence-corrected chi connectivity index (χ4v) is 5.74. The number of hydrogen-bond donors (Lipinski definition) is 2. The number of likely N-dealkylation sites (N-methyl/N-ethyl adjacent to an activating group) is 1. The minimum atomic E-state index is -3.71. The van der Waals surface area contributed by atoms with Crippen molar-refractivity contribution in [3.63, 3.8) is 0 Å². The topological polar surface area (TPSA) is 98.8 Å². The number of amides is 2. The summed E-state index contributed by atoms with van der Waals surface area (Å²) in [4.78, 5) is 27.1. The van der Waals surface area contributed by atoms with E-state index in [2.05, 4.69) is 17.6 Å². The molecule has 2 unspecified atom stereocenters. The van der Waals surface area contributed by atoms with Crippen molar-refractivity contribution < 1.29 is 18.0 Å². The number of carbonyl (C=O) groups excluding carboxylic acids is 2. The molecule has 2 N–H and O–H groups in total. The monoisotopic (exact) mass is 450 g/mol. The van der Waals surface area contributed by atoms with Crippen LogP contribution in [0.15, 0.2) is 18.2 Å². The molecule has 3 rings (SSSR count). The summed E-state index contributed by atoms with van der Waals surface area (Å²) < 4.78 is 27.1. The lowest BCUT2D eigenvalue weighted by molar-refractivity contribution is -0.134. The zero-order valence-corrected chi connectivity index (χ0v) is 19.7. The van der Waals surface area contributed by atoms with E-state index in [-0.39, 0.29) is 31.3 Å². The molecule has 1 aromatic carbocycles. The maximum absolute atomic E-state index is 13.0. The summed E-state index contributed by atoms with van der Waals surface area (Å²) in [6, 6.07) is 5.12. The number of benzene rings is 1.